The summed E-state index contributed by atoms with van der Waals surface area (Å²) in [6.07, 6.45) is 0. The fourth-order valence-corrected chi connectivity index (χ4v) is 3.63. The highest BCUT2D eigenvalue weighted by atomic mass is 35.5. The Hall–Kier alpha value is -0.750. The average molecular weight is 363 g/mol. The number of benzene rings is 1. The van der Waals surface area contributed by atoms with Gasteiger partial charge in [0.15, 0.2) is 0 Å². The molecule has 0 saturated carbocycles. The second-order valence-electron chi connectivity index (χ2n) is 6.65. The van der Waals surface area contributed by atoms with E-state index >= 15 is 0 Å². The highest BCUT2D eigenvalue weighted by Crippen LogP contribution is 2.41. The van der Waals surface area contributed by atoms with E-state index in [2.05, 4.69) is 5.32 Å². The topological polar surface area (TPSA) is 35.5 Å². The Morgan fingerprint density at radius 1 is 0.958 bits per heavy atom. The lowest BCUT2D eigenvalue weighted by Gasteiger charge is -2.40. The van der Waals surface area contributed by atoms with E-state index in [-0.39, 0.29) is 12.4 Å². The van der Waals surface area contributed by atoms with E-state index in [1.807, 2.05) is 39.5 Å². The largest absolute Gasteiger partial charge is 0.390 e. The number of nitrogens with one attached hydrogen (secondary N) is 1. The first-order valence-corrected chi connectivity index (χ1v) is 8.22. The van der Waals surface area contributed by atoms with Crippen LogP contribution in [0.1, 0.15) is 39.4 Å². The summed E-state index contributed by atoms with van der Waals surface area (Å²) in [6.45, 7) is 11.2. The van der Waals surface area contributed by atoms with Crippen LogP contribution in [-0.4, -0.2) is 48.7 Å². The van der Waals surface area contributed by atoms with Gasteiger partial charge in [0.1, 0.15) is 12.6 Å². The van der Waals surface area contributed by atoms with Crippen molar-refractivity contribution in [3.8, 4) is 0 Å². The number of rotatable bonds is 4. The summed E-state index contributed by atoms with van der Waals surface area (Å²) < 4.78 is 29.4. The first kappa shape index (κ1) is 21.3. The number of nitrogens with zero attached hydrogens (tertiary/aromatic N) is 1. The molecule has 0 radical (unpaired) electrons. The third-order valence-electron chi connectivity index (χ3n) is 5.46. The van der Waals surface area contributed by atoms with E-state index in [0.29, 0.717) is 31.7 Å². The van der Waals surface area contributed by atoms with Crippen LogP contribution in [0.4, 0.5) is 8.78 Å². The lowest BCUT2D eigenvalue weighted by atomic mass is 9.83. The molecular weight excluding hydrogens is 334 g/mol. The molecule has 0 bridgehead atoms. The van der Waals surface area contributed by atoms with Crippen LogP contribution in [0.15, 0.2) is 0 Å². The van der Waals surface area contributed by atoms with Crippen molar-refractivity contribution in [3.63, 3.8) is 0 Å². The van der Waals surface area contributed by atoms with Crippen molar-refractivity contribution in [1.29, 1.82) is 0 Å². The minimum absolute atomic E-state index is 0. The second-order valence-corrected chi connectivity index (χ2v) is 6.65. The number of alkyl halides is 2. The van der Waals surface area contributed by atoms with E-state index in [1.165, 1.54) is 0 Å². The minimum atomic E-state index is -3.17. The Kier molecular flexibility index (Phi) is 7.17. The van der Waals surface area contributed by atoms with E-state index in [0.717, 1.165) is 27.8 Å². The predicted octanol–water partition coefficient (Wildman–Crippen LogP) is 3.22. The summed E-state index contributed by atoms with van der Waals surface area (Å²) in [5.41, 5.74) is 5.82. The van der Waals surface area contributed by atoms with Crippen LogP contribution >= 0.6 is 12.4 Å². The Balaban J connectivity index is 0.00000288. The monoisotopic (exact) mass is 362 g/mol. The average Bonchev–Trinajstić information content (AvgIpc) is 2.55. The minimum Gasteiger partial charge on any atom is -0.390 e. The summed E-state index contributed by atoms with van der Waals surface area (Å²) in [6, 6.07) is -1.08. The van der Waals surface area contributed by atoms with E-state index in [9.17, 15) is 13.9 Å². The molecule has 0 aromatic heterocycles. The summed E-state index contributed by atoms with van der Waals surface area (Å²) in [4.78, 5) is 1.82. The Bertz CT molecular complexity index is 558. The van der Waals surface area contributed by atoms with Crippen LogP contribution in [0.25, 0.3) is 0 Å². The Morgan fingerprint density at radius 3 is 1.79 bits per heavy atom. The maximum atomic E-state index is 14.7. The number of aliphatic hydroxyl groups is 1. The molecule has 1 aromatic rings. The van der Waals surface area contributed by atoms with Gasteiger partial charge in [-0.3, -0.25) is 4.90 Å². The normalized spacial score (nSPS) is 17.5. The molecular formula is C18H29ClF2N2O. The van der Waals surface area contributed by atoms with Crippen molar-refractivity contribution in [2.24, 2.45) is 0 Å². The lowest BCUT2D eigenvalue weighted by molar-refractivity contribution is -0.119. The molecule has 0 spiro atoms. The van der Waals surface area contributed by atoms with Gasteiger partial charge < -0.3 is 10.4 Å². The molecule has 24 heavy (non-hydrogen) atoms. The molecule has 1 fully saturated rings. The van der Waals surface area contributed by atoms with Gasteiger partial charge in [0.2, 0.25) is 0 Å². The highest BCUT2D eigenvalue weighted by Gasteiger charge is 2.45. The standard InChI is InChI=1S/C18H28F2N2O.ClH/c1-11-12(2)14(4)16(15(5)13(11)3)17(18(19,20)10-23)22-8-6-21-7-9-22;/h17,21,23H,6-10H2,1-5H3;1H/t17-;/m0./s1. The van der Waals surface area contributed by atoms with Crippen LogP contribution in [0.2, 0.25) is 0 Å². The maximum absolute atomic E-state index is 14.7. The number of piperazine rings is 1. The fourth-order valence-electron chi connectivity index (χ4n) is 3.63. The van der Waals surface area contributed by atoms with Gasteiger partial charge in [-0.05, 0) is 68.0 Å². The maximum Gasteiger partial charge on any atom is 0.289 e. The van der Waals surface area contributed by atoms with Gasteiger partial charge in [-0.25, -0.2) is 8.78 Å². The summed E-state index contributed by atoms with van der Waals surface area (Å²) in [5, 5.41) is 12.5. The van der Waals surface area contributed by atoms with Crippen LogP contribution in [0, 0.1) is 34.6 Å². The van der Waals surface area contributed by atoms with Crippen LogP contribution < -0.4 is 5.32 Å². The number of hydrogen-bond acceptors (Lipinski definition) is 3. The summed E-state index contributed by atoms with van der Waals surface area (Å²) in [5.74, 6) is -3.17. The van der Waals surface area contributed by atoms with Gasteiger partial charge in [0.05, 0.1) is 0 Å². The molecule has 3 nitrogen and oxygen atoms in total. The van der Waals surface area contributed by atoms with E-state index < -0.39 is 18.6 Å². The molecule has 1 aliphatic rings. The van der Waals surface area contributed by atoms with Crippen LogP contribution in [0.3, 0.4) is 0 Å². The fraction of sp³-hybridized carbons (Fsp3) is 0.667. The van der Waals surface area contributed by atoms with Gasteiger partial charge >= 0.3 is 0 Å². The molecule has 0 amide bonds. The van der Waals surface area contributed by atoms with Gasteiger partial charge in [0.25, 0.3) is 5.92 Å². The lowest BCUT2D eigenvalue weighted by Crippen LogP contribution is -2.51. The molecule has 6 heteroatoms. The van der Waals surface area contributed by atoms with Crippen molar-refractivity contribution >= 4 is 12.4 Å². The molecule has 2 rings (SSSR count). The summed E-state index contributed by atoms with van der Waals surface area (Å²) in [7, 11) is 0. The van der Waals surface area contributed by atoms with Crippen LogP contribution in [-0.2, 0) is 0 Å². The number of halogens is 3. The molecule has 2 N–H and O–H groups in total. The van der Waals surface area contributed by atoms with Crippen molar-refractivity contribution in [2.45, 2.75) is 46.6 Å². The van der Waals surface area contributed by atoms with Crippen molar-refractivity contribution in [2.75, 3.05) is 32.8 Å². The molecule has 1 aliphatic heterocycles. The molecule has 1 atom stereocenters. The Labute approximate surface area is 149 Å². The molecule has 0 aliphatic carbocycles. The first-order valence-electron chi connectivity index (χ1n) is 8.22. The van der Waals surface area contributed by atoms with Gasteiger partial charge in [-0.2, -0.15) is 0 Å². The third kappa shape index (κ3) is 3.74. The zero-order valence-corrected chi connectivity index (χ0v) is 16.0. The molecule has 1 aromatic carbocycles. The molecule has 1 saturated heterocycles. The third-order valence-corrected chi connectivity index (χ3v) is 5.46. The first-order chi connectivity index (χ1) is 10.7. The molecule has 0 unspecified atom stereocenters. The second kappa shape index (κ2) is 8.09. The van der Waals surface area contributed by atoms with Crippen molar-refractivity contribution in [1.82, 2.24) is 10.2 Å². The van der Waals surface area contributed by atoms with Crippen molar-refractivity contribution in [3.05, 3.63) is 33.4 Å². The molecule has 1 heterocycles. The van der Waals surface area contributed by atoms with Crippen LogP contribution in [0.5, 0.6) is 0 Å². The van der Waals surface area contributed by atoms with Gasteiger partial charge in [-0.1, -0.05) is 0 Å². The zero-order chi connectivity index (χ0) is 17.4. The van der Waals surface area contributed by atoms with Crippen molar-refractivity contribution < 1.29 is 13.9 Å². The zero-order valence-electron chi connectivity index (χ0n) is 15.2. The SMILES string of the molecule is Cc1c(C)c(C)c([C@H](N2CCNCC2)C(F)(F)CO)c(C)c1C.Cl. The summed E-state index contributed by atoms with van der Waals surface area (Å²) >= 11 is 0. The quantitative estimate of drug-likeness (QED) is 0.863. The highest BCUT2D eigenvalue weighted by molar-refractivity contribution is 5.85. The van der Waals surface area contributed by atoms with E-state index in [4.69, 9.17) is 0 Å². The number of aliphatic hydroxyl groups excluding tert-OH is 1. The number of hydrogen-bond donors (Lipinski definition) is 2. The van der Waals surface area contributed by atoms with Gasteiger partial charge in [0, 0.05) is 26.2 Å². The molecule has 138 valence electrons. The smallest absolute Gasteiger partial charge is 0.289 e. The Morgan fingerprint density at radius 2 is 1.38 bits per heavy atom. The predicted molar refractivity (Wildman–Crippen MR) is 96.6 cm³/mol. The van der Waals surface area contributed by atoms with E-state index in [1.54, 1.807) is 0 Å². The van der Waals surface area contributed by atoms with Gasteiger partial charge in [-0.15, -0.1) is 12.4 Å².